The number of unbranched alkanes of at least 4 members (excludes halogenated alkanes) is 2. The first-order valence-electron chi connectivity index (χ1n) is 10.1. The van der Waals surface area contributed by atoms with Crippen LogP contribution in [-0.2, 0) is 0 Å². The Bertz CT molecular complexity index is 1150. The van der Waals surface area contributed by atoms with Crippen LogP contribution < -0.4 is 9.58 Å². The number of carbonyl (C=O) groups is 1. The SMILES string of the molecule is CCCCCOc1ccc(-c2ccc(C(=O)n3n[n+]([O-])c4ccccc43)cc2)cc1. The molecule has 0 unspecified atom stereocenters. The van der Waals surface area contributed by atoms with Crippen molar-refractivity contribution in [2.75, 3.05) is 6.61 Å². The van der Waals surface area contributed by atoms with Crippen LogP contribution in [0.15, 0.2) is 72.8 Å². The summed E-state index contributed by atoms with van der Waals surface area (Å²) >= 11 is 0. The van der Waals surface area contributed by atoms with Crippen molar-refractivity contribution in [3.63, 3.8) is 0 Å². The number of carbonyl (C=O) groups excluding carboxylic acids is 1. The third kappa shape index (κ3) is 4.03. The number of aromatic nitrogens is 3. The van der Waals surface area contributed by atoms with E-state index in [9.17, 15) is 10.0 Å². The summed E-state index contributed by atoms with van der Waals surface area (Å²) in [4.78, 5) is 13.3. The molecule has 0 fully saturated rings. The van der Waals surface area contributed by atoms with Crippen molar-refractivity contribution in [1.82, 2.24) is 9.90 Å². The maximum absolute atomic E-state index is 12.8. The molecule has 3 aromatic carbocycles. The summed E-state index contributed by atoms with van der Waals surface area (Å²) in [6, 6.07) is 22.1. The molecule has 0 atom stereocenters. The van der Waals surface area contributed by atoms with Crippen molar-refractivity contribution < 1.29 is 14.4 Å². The summed E-state index contributed by atoms with van der Waals surface area (Å²) in [5.74, 6) is 0.515. The van der Waals surface area contributed by atoms with Crippen LogP contribution in [0, 0.1) is 5.21 Å². The molecule has 4 aromatic rings. The summed E-state index contributed by atoms with van der Waals surface area (Å²) in [5.41, 5.74) is 3.34. The van der Waals surface area contributed by atoms with Gasteiger partial charge in [0.2, 0.25) is 11.0 Å². The number of rotatable bonds is 7. The second-order valence-electron chi connectivity index (χ2n) is 7.13. The van der Waals surface area contributed by atoms with Gasteiger partial charge in [-0.15, -0.1) is 4.85 Å². The lowest BCUT2D eigenvalue weighted by molar-refractivity contribution is -0.645. The van der Waals surface area contributed by atoms with Crippen LogP contribution in [0.5, 0.6) is 5.75 Å². The monoisotopic (exact) mass is 401 g/mol. The number of benzene rings is 3. The van der Waals surface area contributed by atoms with E-state index in [2.05, 4.69) is 12.1 Å². The van der Waals surface area contributed by atoms with Crippen LogP contribution in [0.4, 0.5) is 0 Å². The standard InChI is InChI=1S/C24H23N3O3/c1-2-3-6-17-30-21-15-13-19(14-16-21)18-9-11-20(12-10-18)24(28)26-22-7-4-5-8-23(22)27(29)25-26/h4-5,7-16H,2-3,6,17H2,1H3. The Kier molecular flexibility index (Phi) is 5.75. The van der Waals surface area contributed by atoms with Gasteiger partial charge in [-0.2, -0.15) is 0 Å². The van der Waals surface area contributed by atoms with Gasteiger partial charge in [0.15, 0.2) is 0 Å². The third-order valence-electron chi connectivity index (χ3n) is 5.02. The van der Waals surface area contributed by atoms with Crippen molar-refractivity contribution in [2.45, 2.75) is 26.2 Å². The molecular formula is C24H23N3O3. The molecule has 0 aliphatic carbocycles. The molecule has 0 saturated heterocycles. The Morgan fingerprint density at radius 1 is 0.967 bits per heavy atom. The van der Waals surface area contributed by atoms with Gasteiger partial charge in [0.25, 0.3) is 0 Å². The van der Waals surface area contributed by atoms with E-state index in [0.29, 0.717) is 21.4 Å². The minimum atomic E-state index is -0.344. The first kappa shape index (κ1) is 19.6. The molecule has 1 aromatic heterocycles. The molecule has 4 rings (SSSR count). The number of hydrogen-bond donors (Lipinski definition) is 0. The van der Waals surface area contributed by atoms with Gasteiger partial charge >= 0.3 is 5.91 Å². The molecule has 0 N–H and O–H groups in total. The van der Waals surface area contributed by atoms with Gasteiger partial charge in [-0.05, 0) is 53.9 Å². The van der Waals surface area contributed by atoms with E-state index in [4.69, 9.17) is 4.74 Å². The van der Waals surface area contributed by atoms with E-state index in [1.165, 1.54) is 12.8 Å². The van der Waals surface area contributed by atoms with Crippen LogP contribution in [0.2, 0.25) is 0 Å². The topological polar surface area (TPSA) is 71.1 Å². The molecule has 1 heterocycles. The summed E-state index contributed by atoms with van der Waals surface area (Å²) in [6.45, 7) is 2.90. The Hall–Kier alpha value is -3.67. The van der Waals surface area contributed by atoms with E-state index in [-0.39, 0.29) is 5.91 Å². The Morgan fingerprint density at radius 2 is 1.63 bits per heavy atom. The Morgan fingerprint density at radius 3 is 2.33 bits per heavy atom. The molecule has 0 aliphatic heterocycles. The van der Waals surface area contributed by atoms with Gasteiger partial charge in [-0.3, -0.25) is 0 Å². The molecule has 152 valence electrons. The molecule has 6 nitrogen and oxygen atoms in total. The smallest absolute Gasteiger partial charge is 0.366 e. The zero-order valence-corrected chi connectivity index (χ0v) is 16.8. The molecule has 30 heavy (non-hydrogen) atoms. The largest absolute Gasteiger partial charge is 0.691 e. The molecule has 0 radical (unpaired) electrons. The van der Waals surface area contributed by atoms with E-state index >= 15 is 0 Å². The number of hydrogen-bond acceptors (Lipinski definition) is 4. The summed E-state index contributed by atoms with van der Waals surface area (Å²) in [6.07, 6.45) is 3.41. The maximum Gasteiger partial charge on any atom is 0.366 e. The molecule has 0 saturated carbocycles. The summed E-state index contributed by atoms with van der Waals surface area (Å²) in [7, 11) is 0. The number of fused-ring (bicyclic) bond motifs is 1. The minimum Gasteiger partial charge on any atom is -0.691 e. The van der Waals surface area contributed by atoms with Crippen LogP contribution in [0.3, 0.4) is 0 Å². The van der Waals surface area contributed by atoms with Gasteiger partial charge in [0.1, 0.15) is 11.0 Å². The van der Waals surface area contributed by atoms with Crippen LogP contribution >= 0.6 is 0 Å². The lowest BCUT2D eigenvalue weighted by Crippen LogP contribution is -2.31. The quantitative estimate of drug-likeness (QED) is 0.258. The van der Waals surface area contributed by atoms with Crippen molar-refractivity contribution >= 4 is 16.9 Å². The fourth-order valence-electron chi connectivity index (χ4n) is 3.35. The van der Waals surface area contributed by atoms with Gasteiger partial charge in [-0.25, -0.2) is 4.79 Å². The highest BCUT2D eigenvalue weighted by molar-refractivity contribution is 5.99. The van der Waals surface area contributed by atoms with Gasteiger partial charge in [0.05, 0.1) is 12.2 Å². The predicted octanol–water partition coefficient (Wildman–Crippen LogP) is 4.59. The molecule has 0 aliphatic rings. The molecule has 0 amide bonds. The van der Waals surface area contributed by atoms with Gasteiger partial charge in [0, 0.05) is 0 Å². The van der Waals surface area contributed by atoms with Gasteiger partial charge < -0.3 is 9.94 Å². The number of ether oxygens (including phenoxy) is 1. The predicted molar refractivity (Wildman–Crippen MR) is 115 cm³/mol. The maximum atomic E-state index is 12.8. The van der Waals surface area contributed by atoms with Gasteiger partial charge in [-0.1, -0.05) is 60.8 Å². The molecule has 0 bridgehead atoms. The third-order valence-corrected chi connectivity index (χ3v) is 5.02. The zero-order valence-electron chi connectivity index (χ0n) is 16.8. The summed E-state index contributed by atoms with van der Waals surface area (Å²) < 4.78 is 6.89. The minimum absolute atomic E-state index is 0.344. The van der Waals surface area contributed by atoms with E-state index in [1.807, 2.05) is 36.4 Å². The highest BCUT2D eigenvalue weighted by Crippen LogP contribution is 2.23. The highest BCUT2D eigenvalue weighted by Gasteiger charge is 2.22. The second-order valence-corrected chi connectivity index (χ2v) is 7.13. The Balaban J connectivity index is 1.49. The van der Waals surface area contributed by atoms with Crippen molar-refractivity contribution in [1.29, 1.82) is 0 Å². The first-order valence-corrected chi connectivity index (χ1v) is 10.1. The average molecular weight is 401 g/mol. The Labute approximate surface area is 174 Å². The molecule has 6 heteroatoms. The number of para-hydroxylation sites is 2. The van der Waals surface area contributed by atoms with Crippen molar-refractivity contribution in [3.05, 3.63) is 83.6 Å². The molecule has 0 spiro atoms. The fraction of sp³-hybridized carbons (Fsp3) is 0.208. The normalized spacial score (nSPS) is 11.0. The van der Waals surface area contributed by atoms with Crippen LogP contribution in [-0.4, -0.2) is 22.4 Å². The fourth-order valence-corrected chi connectivity index (χ4v) is 3.35. The molecular weight excluding hydrogens is 378 g/mol. The lowest BCUT2D eigenvalue weighted by atomic mass is 10.0. The van der Waals surface area contributed by atoms with Crippen LogP contribution in [0.25, 0.3) is 22.2 Å². The highest BCUT2D eigenvalue weighted by atomic mass is 16.5. The van der Waals surface area contributed by atoms with E-state index in [0.717, 1.165) is 34.6 Å². The first-order chi connectivity index (χ1) is 14.7. The number of nitrogens with zero attached hydrogens (tertiary/aromatic N) is 3. The zero-order chi connectivity index (χ0) is 20.9. The van der Waals surface area contributed by atoms with E-state index in [1.54, 1.807) is 36.4 Å². The van der Waals surface area contributed by atoms with Crippen LogP contribution in [0.1, 0.15) is 36.5 Å². The second kappa shape index (κ2) is 8.78. The van der Waals surface area contributed by atoms with Crippen molar-refractivity contribution in [2.24, 2.45) is 0 Å². The lowest BCUT2D eigenvalue weighted by Gasteiger charge is -2.07. The van der Waals surface area contributed by atoms with Crippen molar-refractivity contribution in [3.8, 4) is 16.9 Å². The average Bonchev–Trinajstić information content (AvgIpc) is 3.13. The summed E-state index contributed by atoms with van der Waals surface area (Å²) in [5, 5.41) is 15.7. The van der Waals surface area contributed by atoms with E-state index < -0.39 is 0 Å².